The van der Waals surface area contributed by atoms with Crippen LogP contribution in [0, 0.1) is 0 Å². The zero-order valence-electron chi connectivity index (χ0n) is 9.99. The monoisotopic (exact) mass is 254 g/mol. The van der Waals surface area contributed by atoms with E-state index in [1.807, 2.05) is 11.8 Å². The first-order valence-electron chi connectivity index (χ1n) is 5.81. The lowest BCUT2D eigenvalue weighted by Gasteiger charge is -2.40. The fourth-order valence-corrected chi connectivity index (χ4v) is 2.88. The van der Waals surface area contributed by atoms with Gasteiger partial charge in [0, 0.05) is 11.3 Å². The van der Waals surface area contributed by atoms with Gasteiger partial charge in [0.1, 0.15) is 5.76 Å². The lowest BCUT2D eigenvalue weighted by atomic mass is 9.84. The van der Waals surface area contributed by atoms with Crippen LogP contribution >= 0.6 is 11.8 Å². The van der Waals surface area contributed by atoms with Gasteiger partial charge in [-0.25, -0.2) is 0 Å². The third-order valence-electron chi connectivity index (χ3n) is 3.36. The summed E-state index contributed by atoms with van der Waals surface area (Å²) in [5, 5.41) is 2.94. The lowest BCUT2D eigenvalue weighted by Crippen LogP contribution is -2.45. The van der Waals surface area contributed by atoms with Crippen LogP contribution in [0.4, 0.5) is 0 Å². The van der Waals surface area contributed by atoms with Gasteiger partial charge >= 0.3 is 0 Å². The molecule has 1 aliphatic rings. The Morgan fingerprint density at radius 1 is 1.59 bits per heavy atom. The zero-order valence-corrected chi connectivity index (χ0v) is 10.8. The van der Waals surface area contributed by atoms with Gasteiger partial charge in [-0.1, -0.05) is 6.42 Å². The zero-order chi connectivity index (χ0) is 12.3. The summed E-state index contributed by atoms with van der Waals surface area (Å²) in [6.45, 7) is 1.04. The standard InChI is InChI=1S/C12H18N2O2S/c1-17-12(5-2-6-12)8-14-11(15)10-4-3-9(7-13)16-10/h3-4H,2,5-8,13H2,1H3,(H,14,15). The average Bonchev–Trinajstić information content (AvgIpc) is 2.76. The molecule has 0 saturated heterocycles. The summed E-state index contributed by atoms with van der Waals surface area (Å²) >= 11 is 1.84. The van der Waals surface area contributed by atoms with Crippen molar-refractivity contribution in [3.8, 4) is 0 Å². The SMILES string of the molecule is CSC1(CNC(=O)c2ccc(CN)o2)CCC1. The first-order valence-corrected chi connectivity index (χ1v) is 7.04. The molecule has 0 atom stereocenters. The average molecular weight is 254 g/mol. The number of carbonyl (C=O) groups excluding carboxylic acids is 1. The molecule has 1 heterocycles. The molecule has 4 nitrogen and oxygen atoms in total. The highest BCUT2D eigenvalue weighted by Gasteiger charge is 2.36. The van der Waals surface area contributed by atoms with Gasteiger partial charge in [0.05, 0.1) is 6.54 Å². The molecular weight excluding hydrogens is 236 g/mol. The van der Waals surface area contributed by atoms with Crippen LogP contribution in [-0.4, -0.2) is 23.5 Å². The molecule has 3 N–H and O–H groups in total. The van der Waals surface area contributed by atoms with Crippen LogP contribution in [0.1, 0.15) is 35.6 Å². The Labute approximate surface area is 105 Å². The Morgan fingerprint density at radius 2 is 2.35 bits per heavy atom. The molecule has 0 unspecified atom stereocenters. The van der Waals surface area contributed by atoms with Crippen molar-refractivity contribution in [3.63, 3.8) is 0 Å². The van der Waals surface area contributed by atoms with Gasteiger partial charge < -0.3 is 15.5 Å². The Balaban J connectivity index is 1.88. The molecule has 0 bridgehead atoms. The van der Waals surface area contributed by atoms with E-state index < -0.39 is 0 Å². The third-order valence-corrected chi connectivity index (χ3v) is 4.77. The van der Waals surface area contributed by atoms with Crippen LogP contribution in [0.25, 0.3) is 0 Å². The molecule has 5 heteroatoms. The van der Waals surface area contributed by atoms with E-state index in [1.165, 1.54) is 19.3 Å². The molecule has 94 valence electrons. The van der Waals surface area contributed by atoms with Crippen LogP contribution in [0.3, 0.4) is 0 Å². The Bertz CT molecular complexity index is 393. The molecule has 1 aliphatic carbocycles. The van der Waals surface area contributed by atoms with Gasteiger partial charge in [-0.05, 0) is 31.2 Å². The van der Waals surface area contributed by atoms with Crippen molar-refractivity contribution in [2.75, 3.05) is 12.8 Å². The predicted octanol–water partition coefficient (Wildman–Crippen LogP) is 1.75. The highest BCUT2D eigenvalue weighted by molar-refractivity contribution is 8.00. The molecule has 1 amide bonds. The molecule has 17 heavy (non-hydrogen) atoms. The van der Waals surface area contributed by atoms with E-state index in [0.717, 1.165) is 0 Å². The number of thioether (sulfide) groups is 1. The highest BCUT2D eigenvalue weighted by atomic mass is 32.2. The molecule has 0 radical (unpaired) electrons. The van der Waals surface area contributed by atoms with E-state index in [1.54, 1.807) is 12.1 Å². The number of nitrogens with two attached hydrogens (primary N) is 1. The Morgan fingerprint density at radius 3 is 2.82 bits per heavy atom. The minimum atomic E-state index is -0.148. The summed E-state index contributed by atoms with van der Waals surface area (Å²) in [5.74, 6) is 0.837. The fraction of sp³-hybridized carbons (Fsp3) is 0.583. The highest BCUT2D eigenvalue weighted by Crippen LogP contribution is 2.42. The van der Waals surface area contributed by atoms with E-state index in [2.05, 4.69) is 11.6 Å². The van der Waals surface area contributed by atoms with Crippen molar-refractivity contribution < 1.29 is 9.21 Å². The van der Waals surface area contributed by atoms with Gasteiger partial charge in [0.2, 0.25) is 0 Å². The minimum absolute atomic E-state index is 0.148. The number of nitrogens with one attached hydrogen (secondary N) is 1. The number of hydrogen-bond donors (Lipinski definition) is 2. The molecular formula is C12H18N2O2S. The number of carbonyl (C=O) groups is 1. The second kappa shape index (κ2) is 5.14. The van der Waals surface area contributed by atoms with Gasteiger partial charge in [0.25, 0.3) is 5.91 Å². The third kappa shape index (κ3) is 2.66. The maximum Gasteiger partial charge on any atom is 0.287 e. The van der Waals surface area contributed by atoms with Crippen molar-refractivity contribution in [3.05, 3.63) is 23.7 Å². The summed E-state index contributed by atoms with van der Waals surface area (Å²) in [7, 11) is 0. The fourth-order valence-electron chi connectivity index (χ4n) is 1.96. The summed E-state index contributed by atoms with van der Waals surface area (Å²) in [5.41, 5.74) is 5.43. The first kappa shape index (κ1) is 12.5. The normalized spacial score (nSPS) is 17.5. The van der Waals surface area contributed by atoms with Crippen molar-refractivity contribution >= 4 is 17.7 Å². The topological polar surface area (TPSA) is 68.3 Å². The van der Waals surface area contributed by atoms with Gasteiger partial charge in [-0.2, -0.15) is 11.8 Å². The van der Waals surface area contributed by atoms with Crippen molar-refractivity contribution in [1.82, 2.24) is 5.32 Å². The second-order valence-corrected chi connectivity index (χ2v) is 5.67. The van der Waals surface area contributed by atoms with Crippen LogP contribution in [0.15, 0.2) is 16.5 Å². The Hall–Kier alpha value is -0.940. The van der Waals surface area contributed by atoms with Gasteiger partial charge in [0.15, 0.2) is 5.76 Å². The van der Waals surface area contributed by atoms with Crippen LogP contribution in [0.2, 0.25) is 0 Å². The minimum Gasteiger partial charge on any atom is -0.455 e. The van der Waals surface area contributed by atoms with Gasteiger partial charge in [-0.15, -0.1) is 0 Å². The predicted molar refractivity (Wildman–Crippen MR) is 69.0 cm³/mol. The molecule has 0 aliphatic heterocycles. The number of amides is 1. The maximum absolute atomic E-state index is 11.8. The largest absolute Gasteiger partial charge is 0.455 e. The second-order valence-electron chi connectivity index (χ2n) is 4.39. The van der Waals surface area contributed by atoms with Gasteiger partial charge in [-0.3, -0.25) is 4.79 Å². The van der Waals surface area contributed by atoms with E-state index in [-0.39, 0.29) is 10.7 Å². The molecule has 1 fully saturated rings. The number of hydrogen-bond acceptors (Lipinski definition) is 4. The molecule has 1 aromatic heterocycles. The number of rotatable bonds is 5. The molecule has 0 spiro atoms. The Kier molecular flexibility index (Phi) is 3.79. The van der Waals surface area contributed by atoms with Crippen molar-refractivity contribution in [1.29, 1.82) is 0 Å². The van der Waals surface area contributed by atoms with Crippen LogP contribution < -0.4 is 11.1 Å². The molecule has 0 aromatic carbocycles. The van der Waals surface area contributed by atoms with Crippen LogP contribution in [-0.2, 0) is 6.54 Å². The van der Waals surface area contributed by atoms with E-state index in [9.17, 15) is 4.79 Å². The molecule has 1 aromatic rings. The summed E-state index contributed by atoms with van der Waals surface area (Å²) in [4.78, 5) is 11.8. The quantitative estimate of drug-likeness (QED) is 0.840. The number of furan rings is 1. The lowest BCUT2D eigenvalue weighted by molar-refractivity contribution is 0.0914. The van der Waals surface area contributed by atoms with E-state index >= 15 is 0 Å². The summed E-state index contributed by atoms with van der Waals surface area (Å²) in [6.07, 6.45) is 5.72. The molecule has 2 rings (SSSR count). The van der Waals surface area contributed by atoms with E-state index in [0.29, 0.717) is 24.6 Å². The van der Waals surface area contributed by atoms with Crippen LogP contribution in [0.5, 0.6) is 0 Å². The maximum atomic E-state index is 11.8. The van der Waals surface area contributed by atoms with Crippen molar-refractivity contribution in [2.24, 2.45) is 5.73 Å². The molecule has 1 saturated carbocycles. The summed E-state index contributed by atoms with van der Waals surface area (Å²) in [6, 6.07) is 3.41. The smallest absolute Gasteiger partial charge is 0.287 e. The van der Waals surface area contributed by atoms with Crippen molar-refractivity contribution in [2.45, 2.75) is 30.6 Å². The summed E-state index contributed by atoms with van der Waals surface area (Å²) < 4.78 is 5.55. The van der Waals surface area contributed by atoms with E-state index in [4.69, 9.17) is 10.2 Å². The first-order chi connectivity index (χ1) is 8.19.